The molecule has 2 aromatic carbocycles. The average molecular weight is 323 g/mol. The zero-order chi connectivity index (χ0) is 16.7. The van der Waals surface area contributed by atoms with E-state index in [1.807, 2.05) is 36.4 Å². The highest BCUT2D eigenvalue weighted by Crippen LogP contribution is 2.36. The number of amides is 1. The molecule has 0 aromatic heterocycles. The molecule has 0 unspecified atom stereocenters. The van der Waals surface area contributed by atoms with E-state index in [1.54, 1.807) is 0 Å². The molecule has 6 heteroatoms. The van der Waals surface area contributed by atoms with Crippen LogP contribution in [0.4, 0.5) is 5.69 Å². The summed E-state index contributed by atoms with van der Waals surface area (Å²) in [5.74, 6) is 1.35. The van der Waals surface area contributed by atoms with Crippen LogP contribution in [0.2, 0.25) is 0 Å². The second-order valence-electron chi connectivity index (χ2n) is 5.83. The molecule has 0 bridgehead atoms. The molecule has 0 fully saturated rings. The van der Waals surface area contributed by atoms with Crippen LogP contribution in [0, 0.1) is 0 Å². The molecule has 0 saturated heterocycles. The minimum absolute atomic E-state index is 0.0872. The van der Waals surface area contributed by atoms with Crippen LogP contribution < -0.4 is 15.2 Å². The van der Waals surface area contributed by atoms with E-state index in [4.69, 9.17) is 15.2 Å². The number of fused-ring (bicyclic) bond motifs is 2. The third-order valence-electron chi connectivity index (χ3n) is 4.21. The Morgan fingerprint density at radius 2 is 1.88 bits per heavy atom. The van der Waals surface area contributed by atoms with Gasteiger partial charge in [0.1, 0.15) is 0 Å². The molecular weight excluding hydrogens is 306 g/mol. The largest absolute Gasteiger partial charge is 0.454 e. The van der Waals surface area contributed by atoms with Gasteiger partial charge in [0.05, 0.1) is 5.71 Å². The van der Waals surface area contributed by atoms with Gasteiger partial charge in [0, 0.05) is 30.3 Å². The number of hydrogen-bond acceptors (Lipinski definition) is 5. The van der Waals surface area contributed by atoms with Crippen LogP contribution in [-0.4, -0.2) is 30.0 Å². The molecule has 122 valence electrons. The van der Waals surface area contributed by atoms with E-state index in [-0.39, 0.29) is 12.7 Å². The second-order valence-corrected chi connectivity index (χ2v) is 5.83. The molecule has 2 heterocycles. The fourth-order valence-electron chi connectivity index (χ4n) is 2.94. The molecule has 2 N–H and O–H groups in total. The number of anilines is 1. The minimum atomic E-state index is -0.0872. The normalized spacial score (nSPS) is 15.5. The molecule has 1 amide bonds. The van der Waals surface area contributed by atoms with Crippen LogP contribution in [0.15, 0.2) is 41.5 Å². The van der Waals surface area contributed by atoms with Crippen molar-refractivity contribution in [2.24, 2.45) is 5.10 Å². The van der Waals surface area contributed by atoms with Gasteiger partial charge in [-0.2, -0.15) is 5.10 Å². The van der Waals surface area contributed by atoms with Crippen molar-refractivity contribution >= 4 is 17.3 Å². The molecule has 6 nitrogen and oxygen atoms in total. The van der Waals surface area contributed by atoms with E-state index in [2.05, 4.69) is 5.10 Å². The standard InChI is InChI=1S/C18H17N3O3/c1-11(22)21-7-6-13-8-16-17(24-10-23-16)9-15(13)18(20-21)12-2-4-14(19)5-3-12/h2-5,8-9H,6-7,10,19H2,1H3. The van der Waals surface area contributed by atoms with Crippen molar-refractivity contribution in [2.45, 2.75) is 13.3 Å². The van der Waals surface area contributed by atoms with Crippen molar-refractivity contribution in [3.8, 4) is 11.5 Å². The van der Waals surface area contributed by atoms with Crippen LogP contribution in [0.1, 0.15) is 23.6 Å². The van der Waals surface area contributed by atoms with Crippen molar-refractivity contribution < 1.29 is 14.3 Å². The van der Waals surface area contributed by atoms with E-state index >= 15 is 0 Å². The van der Waals surface area contributed by atoms with Crippen molar-refractivity contribution in [3.05, 3.63) is 53.1 Å². The summed E-state index contributed by atoms with van der Waals surface area (Å²) in [6.45, 7) is 2.28. The first-order valence-corrected chi connectivity index (χ1v) is 7.77. The minimum Gasteiger partial charge on any atom is -0.454 e. The summed E-state index contributed by atoms with van der Waals surface area (Å²) in [6.07, 6.45) is 0.702. The van der Waals surface area contributed by atoms with Gasteiger partial charge in [0.25, 0.3) is 0 Å². The number of nitrogen functional groups attached to an aromatic ring is 1. The Bertz CT molecular complexity index is 843. The van der Waals surface area contributed by atoms with Crippen LogP contribution in [0.25, 0.3) is 0 Å². The number of benzene rings is 2. The van der Waals surface area contributed by atoms with Gasteiger partial charge in [-0.25, -0.2) is 5.01 Å². The molecule has 0 atom stereocenters. The fraction of sp³-hybridized carbons (Fsp3) is 0.222. The maximum Gasteiger partial charge on any atom is 0.239 e. The summed E-state index contributed by atoms with van der Waals surface area (Å²) in [4.78, 5) is 11.9. The number of hydrazone groups is 1. The lowest BCUT2D eigenvalue weighted by atomic mass is 9.95. The maximum atomic E-state index is 11.9. The molecule has 0 aliphatic carbocycles. The molecule has 2 aromatic rings. The van der Waals surface area contributed by atoms with E-state index in [0.717, 1.165) is 28.2 Å². The number of ether oxygens (including phenoxy) is 2. The molecule has 2 aliphatic rings. The molecule has 0 radical (unpaired) electrons. The predicted molar refractivity (Wildman–Crippen MR) is 90.1 cm³/mol. The predicted octanol–water partition coefficient (Wildman–Crippen LogP) is 2.15. The van der Waals surface area contributed by atoms with Crippen LogP contribution >= 0.6 is 0 Å². The number of carbonyl (C=O) groups is 1. The molecule has 2 aliphatic heterocycles. The zero-order valence-corrected chi connectivity index (χ0v) is 13.3. The second kappa shape index (κ2) is 5.56. The van der Waals surface area contributed by atoms with Crippen molar-refractivity contribution in [3.63, 3.8) is 0 Å². The van der Waals surface area contributed by atoms with Gasteiger partial charge >= 0.3 is 0 Å². The Balaban J connectivity index is 1.89. The quantitative estimate of drug-likeness (QED) is 0.816. The molecule has 4 rings (SSSR count). The van der Waals surface area contributed by atoms with Crippen LogP contribution in [0.3, 0.4) is 0 Å². The lowest BCUT2D eigenvalue weighted by Gasteiger charge is -2.14. The fourth-order valence-corrected chi connectivity index (χ4v) is 2.94. The topological polar surface area (TPSA) is 77.2 Å². The number of nitrogens with two attached hydrogens (primary N) is 1. The SMILES string of the molecule is CC(=O)N1CCc2cc3c(cc2C(c2ccc(N)cc2)=N1)OCO3. The lowest BCUT2D eigenvalue weighted by molar-refractivity contribution is -0.128. The lowest BCUT2D eigenvalue weighted by Crippen LogP contribution is -2.25. The van der Waals surface area contributed by atoms with Crippen molar-refractivity contribution in [1.29, 1.82) is 0 Å². The zero-order valence-electron chi connectivity index (χ0n) is 13.3. The first kappa shape index (κ1) is 14.6. The summed E-state index contributed by atoms with van der Waals surface area (Å²) in [7, 11) is 0. The van der Waals surface area contributed by atoms with Crippen molar-refractivity contribution in [2.75, 3.05) is 19.1 Å². The Kier molecular flexibility index (Phi) is 3.37. The van der Waals surface area contributed by atoms with Gasteiger partial charge in [0.2, 0.25) is 12.7 Å². The summed E-state index contributed by atoms with van der Waals surface area (Å²) in [5.41, 5.74) is 10.1. The Labute approximate surface area is 139 Å². The van der Waals surface area contributed by atoms with E-state index < -0.39 is 0 Å². The van der Waals surface area contributed by atoms with E-state index in [9.17, 15) is 4.79 Å². The monoisotopic (exact) mass is 323 g/mol. The molecule has 24 heavy (non-hydrogen) atoms. The summed E-state index contributed by atoms with van der Waals surface area (Å²) in [5, 5.41) is 6.10. The summed E-state index contributed by atoms with van der Waals surface area (Å²) in [6, 6.07) is 11.4. The Hall–Kier alpha value is -3.02. The average Bonchev–Trinajstić information content (AvgIpc) is 2.94. The number of rotatable bonds is 1. The summed E-state index contributed by atoms with van der Waals surface area (Å²) < 4.78 is 11.0. The van der Waals surface area contributed by atoms with Gasteiger partial charge in [-0.3, -0.25) is 4.79 Å². The van der Waals surface area contributed by atoms with Gasteiger partial charge in [-0.15, -0.1) is 0 Å². The highest BCUT2D eigenvalue weighted by atomic mass is 16.7. The van der Waals surface area contributed by atoms with Crippen LogP contribution in [0.5, 0.6) is 11.5 Å². The van der Waals surface area contributed by atoms with E-state index in [1.165, 1.54) is 11.9 Å². The first-order chi connectivity index (χ1) is 11.6. The first-order valence-electron chi connectivity index (χ1n) is 7.77. The van der Waals surface area contributed by atoms with Crippen LogP contribution in [-0.2, 0) is 11.2 Å². The number of carbonyl (C=O) groups excluding carboxylic acids is 1. The molecule has 0 spiro atoms. The van der Waals surface area contributed by atoms with Gasteiger partial charge in [-0.1, -0.05) is 12.1 Å². The third-order valence-corrected chi connectivity index (χ3v) is 4.21. The highest BCUT2D eigenvalue weighted by molar-refractivity contribution is 6.14. The molecule has 0 saturated carbocycles. The number of hydrogen-bond donors (Lipinski definition) is 1. The van der Waals surface area contributed by atoms with E-state index in [0.29, 0.717) is 24.4 Å². The third kappa shape index (κ3) is 2.46. The highest BCUT2D eigenvalue weighted by Gasteiger charge is 2.24. The Morgan fingerprint density at radius 1 is 1.17 bits per heavy atom. The van der Waals surface area contributed by atoms with Gasteiger partial charge in [0.15, 0.2) is 11.5 Å². The smallest absolute Gasteiger partial charge is 0.239 e. The van der Waals surface area contributed by atoms with Gasteiger partial charge < -0.3 is 15.2 Å². The van der Waals surface area contributed by atoms with Gasteiger partial charge in [-0.05, 0) is 36.2 Å². The molecular formula is C18H17N3O3. The van der Waals surface area contributed by atoms with Crippen molar-refractivity contribution in [1.82, 2.24) is 5.01 Å². The number of nitrogens with zero attached hydrogens (tertiary/aromatic N) is 2. The maximum absolute atomic E-state index is 11.9. The summed E-state index contributed by atoms with van der Waals surface area (Å²) >= 11 is 0. The Morgan fingerprint density at radius 3 is 2.58 bits per heavy atom.